The van der Waals surface area contributed by atoms with Crippen LogP contribution in [0.15, 0.2) is 47.4 Å². The van der Waals surface area contributed by atoms with Gasteiger partial charge in [0, 0.05) is 6.04 Å². The summed E-state index contributed by atoms with van der Waals surface area (Å²) in [5.41, 5.74) is 1.29. The summed E-state index contributed by atoms with van der Waals surface area (Å²) >= 11 is 0. The van der Waals surface area contributed by atoms with Crippen LogP contribution in [0, 0.1) is 6.92 Å². The van der Waals surface area contributed by atoms with Crippen LogP contribution in [0.1, 0.15) is 25.3 Å². The van der Waals surface area contributed by atoms with Gasteiger partial charge in [-0.3, -0.25) is 4.79 Å². The average Bonchev–Trinajstić information content (AvgIpc) is 3.45. The number of hydrogen-bond donors (Lipinski definition) is 2. The summed E-state index contributed by atoms with van der Waals surface area (Å²) < 4.78 is 38.4. The number of sulfonamides is 1. The van der Waals surface area contributed by atoms with Crippen LogP contribution in [0.25, 0.3) is 0 Å². The standard InChI is InChI=1S/C20H24N2O5S/c1-13-5-4-6-16(11-13)27-14(2)20(23)21-18-12-17(9-10-19(18)26-3)28(24,25)22-15-7-8-15/h4-6,9-12,14-15,22H,7-8H2,1-3H3,(H,21,23)/t14-/m1/s1. The molecule has 7 nitrogen and oxygen atoms in total. The smallest absolute Gasteiger partial charge is 0.265 e. The molecule has 28 heavy (non-hydrogen) atoms. The molecule has 150 valence electrons. The lowest BCUT2D eigenvalue weighted by molar-refractivity contribution is -0.122. The van der Waals surface area contributed by atoms with Gasteiger partial charge < -0.3 is 14.8 Å². The maximum atomic E-state index is 12.6. The molecule has 2 N–H and O–H groups in total. The second-order valence-corrected chi connectivity index (χ2v) is 8.54. The lowest BCUT2D eigenvalue weighted by atomic mass is 10.2. The molecule has 1 fully saturated rings. The Hall–Kier alpha value is -2.58. The van der Waals surface area contributed by atoms with E-state index in [1.807, 2.05) is 25.1 Å². The Labute approximate surface area is 165 Å². The molecular formula is C20H24N2O5S. The molecule has 1 aliphatic rings. The SMILES string of the molecule is COc1ccc(S(=O)(=O)NC2CC2)cc1NC(=O)[C@@H](C)Oc1cccc(C)c1. The summed E-state index contributed by atoms with van der Waals surface area (Å²) in [6.45, 7) is 3.56. The summed E-state index contributed by atoms with van der Waals surface area (Å²) in [6.07, 6.45) is 0.899. The number of rotatable bonds is 8. The van der Waals surface area contributed by atoms with Crippen molar-refractivity contribution in [3.63, 3.8) is 0 Å². The van der Waals surface area contributed by atoms with Gasteiger partial charge in [0.05, 0.1) is 17.7 Å². The Morgan fingerprint density at radius 3 is 2.57 bits per heavy atom. The fraction of sp³-hybridized carbons (Fsp3) is 0.350. The molecule has 0 bridgehead atoms. The minimum absolute atomic E-state index is 0.00658. The number of methoxy groups -OCH3 is 1. The first-order valence-corrected chi connectivity index (χ1v) is 10.5. The van der Waals surface area contributed by atoms with Crippen LogP contribution >= 0.6 is 0 Å². The van der Waals surface area contributed by atoms with Crippen molar-refractivity contribution in [2.45, 2.75) is 43.7 Å². The number of hydrogen-bond acceptors (Lipinski definition) is 5. The van der Waals surface area contributed by atoms with Crippen molar-refractivity contribution in [1.29, 1.82) is 0 Å². The van der Waals surface area contributed by atoms with Crippen molar-refractivity contribution in [3.8, 4) is 11.5 Å². The van der Waals surface area contributed by atoms with Crippen molar-refractivity contribution in [3.05, 3.63) is 48.0 Å². The highest BCUT2D eigenvalue weighted by Crippen LogP contribution is 2.29. The van der Waals surface area contributed by atoms with E-state index in [9.17, 15) is 13.2 Å². The number of aryl methyl sites for hydroxylation is 1. The van der Waals surface area contributed by atoms with Crippen LogP contribution in [-0.4, -0.2) is 33.6 Å². The summed E-state index contributed by atoms with van der Waals surface area (Å²) in [5, 5.41) is 2.70. The normalized spacial score (nSPS) is 15.0. The van der Waals surface area contributed by atoms with E-state index in [4.69, 9.17) is 9.47 Å². The van der Waals surface area contributed by atoms with E-state index in [0.29, 0.717) is 11.5 Å². The zero-order valence-electron chi connectivity index (χ0n) is 16.1. The molecule has 8 heteroatoms. The van der Waals surface area contributed by atoms with Crippen molar-refractivity contribution in [1.82, 2.24) is 4.72 Å². The first-order valence-electron chi connectivity index (χ1n) is 9.03. The van der Waals surface area contributed by atoms with Crippen molar-refractivity contribution >= 4 is 21.6 Å². The molecule has 0 aromatic heterocycles. The number of carbonyl (C=O) groups excluding carboxylic acids is 1. The van der Waals surface area contributed by atoms with Crippen molar-refractivity contribution in [2.75, 3.05) is 12.4 Å². The topological polar surface area (TPSA) is 93.7 Å². The van der Waals surface area contributed by atoms with E-state index in [1.165, 1.54) is 25.3 Å². The summed E-state index contributed by atoms with van der Waals surface area (Å²) in [5.74, 6) is 0.533. The summed E-state index contributed by atoms with van der Waals surface area (Å²) in [7, 11) is -2.19. The first-order chi connectivity index (χ1) is 13.3. The molecule has 1 saturated carbocycles. The van der Waals surface area contributed by atoms with Gasteiger partial charge in [-0.05, 0) is 62.6 Å². The molecule has 2 aromatic carbocycles. The van der Waals surface area contributed by atoms with Crippen molar-refractivity contribution in [2.24, 2.45) is 0 Å². The fourth-order valence-corrected chi connectivity index (χ4v) is 3.95. The summed E-state index contributed by atoms with van der Waals surface area (Å²) in [6, 6.07) is 11.7. The number of ether oxygens (including phenoxy) is 2. The Morgan fingerprint density at radius 1 is 1.18 bits per heavy atom. The zero-order valence-corrected chi connectivity index (χ0v) is 16.9. The van der Waals surface area contributed by atoms with Crippen LogP contribution in [0.5, 0.6) is 11.5 Å². The maximum absolute atomic E-state index is 12.6. The Kier molecular flexibility index (Phi) is 5.90. The Morgan fingerprint density at radius 2 is 1.93 bits per heavy atom. The highest BCUT2D eigenvalue weighted by atomic mass is 32.2. The molecule has 2 aromatic rings. The van der Waals surface area contributed by atoms with E-state index in [0.717, 1.165) is 18.4 Å². The molecular weight excluding hydrogens is 380 g/mol. The van der Waals surface area contributed by atoms with Gasteiger partial charge in [-0.1, -0.05) is 12.1 Å². The number of amides is 1. The van der Waals surface area contributed by atoms with Crippen LogP contribution in [0.3, 0.4) is 0 Å². The predicted octanol–water partition coefficient (Wildman–Crippen LogP) is 2.85. The molecule has 0 aliphatic heterocycles. The highest BCUT2D eigenvalue weighted by molar-refractivity contribution is 7.89. The quantitative estimate of drug-likeness (QED) is 0.706. The van der Waals surface area contributed by atoms with Gasteiger partial charge in [0.2, 0.25) is 10.0 Å². The van der Waals surface area contributed by atoms with Gasteiger partial charge in [0.15, 0.2) is 6.10 Å². The number of nitrogens with one attached hydrogen (secondary N) is 2. The van der Waals surface area contributed by atoms with Crippen LogP contribution in [-0.2, 0) is 14.8 Å². The van der Waals surface area contributed by atoms with E-state index in [1.54, 1.807) is 13.0 Å². The second-order valence-electron chi connectivity index (χ2n) is 6.82. The number of benzene rings is 2. The summed E-state index contributed by atoms with van der Waals surface area (Å²) in [4.78, 5) is 12.6. The second kappa shape index (κ2) is 8.20. The average molecular weight is 404 g/mol. The Bertz CT molecular complexity index is 970. The molecule has 0 heterocycles. The number of carbonyl (C=O) groups is 1. The zero-order chi connectivity index (χ0) is 20.3. The molecule has 0 saturated heterocycles. The monoisotopic (exact) mass is 404 g/mol. The highest BCUT2D eigenvalue weighted by Gasteiger charge is 2.28. The molecule has 1 amide bonds. The number of anilines is 1. The van der Waals surface area contributed by atoms with E-state index < -0.39 is 22.0 Å². The Balaban J connectivity index is 1.75. The molecule has 1 aliphatic carbocycles. The third kappa shape index (κ3) is 5.02. The largest absolute Gasteiger partial charge is 0.495 e. The van der Waals surface area contributed by atoms with Crippen LogP contribution in [0.2, 0.25) is 0 Å². The van der Waals surface area contributed by atoms with Gasteiger partial charge >= 0.3 is 0 Å². The van der Waals surface area contributed by atoms with Crippen LogP contribution < -0.4 is 19.5 Å². The van der Waals surface area contributed by atoms with Gasteiger partial charge in [-0.25, -0.2) is 13.1 Å². The van der Waals surface area contributed by atoms with Crippen LogP contribution in [0.4, 0.5) is 5.69 Å². The maximum Gasteiger partial charge on any atom is 0.265 e. The van der Waals surface area contributed by atoms with E-state index >= 15 is 0 Å². The lowest BCUT2D eigenvalue weighted by Gasteiger charge is -2.17. The minimum Gasteiger partial charge on any atom is -0.495 e. The van der Waals surface area contributed by atoms with Gasteiger partial charge in [0.25, 0.3) is 5.91 Å². The molecule has 0 unspecified atom stereocenters. The van der Waals surface area contributed by atoms with Gasteiger partial charge in [-0.15, -0.1) is 0 Å². The third-order valence-corrected chi connectivity index (χ3v) is 5.83. The molecule has 3 rings (SSSR count). The van der Waals surface area contributed by atoms with Gasteiger partial charge in [-0.2, -0.15) is 0 Å². The van der Waals surface area contributed by atoms with E-state index in [-0.39, 0.29) is 16.6 Å². The third-order valence-electron chi connectivity index (χ3n) is 4.31. The molecule has 1 atom stereocenters. The van der Waals surface area contributed by atoms with Gasteiger partial charge in [0.1, 0.15) is 11.5 Å². The fourth-order valence-electron chi connectivity index (χ4n) is 2.62. The van der Waals surface area contributed by atoms with Crippen molar-refractivity contribution < 1.29 is 22.7 Å². The first kappa shape index (κ1) is 20.2. The van der Waals surface area contributed by atoms with E-state index in [2.05, 4.69) is 10.0 Å². The molecule has 0 radical (unpaired) electrons. The molecule has 0 spiro atoms. The lowest BCUT2D eigenvalue weighted by Crippen LogP contribution is -2.30. The minimum atomic E-state index is -3.64. The predicted molar refractivity (Wildman–Crippen MR) is 106 cm³/mol.